The fraction of sp³-hybridized carbons (Fsp3) is 0.250. The number of hydrogen-bond acceptors (Lipinski definition) is 4. The third-order valence-corrected chi connectivity index (χ3v) is 4.87. The quantitative estimate of drug-likeness (QED) is 0.732. The van der Waals surface area contributed by atoms with Crippen molar-refractivity contribution in [1.29, 1.82) is 0 Å². The van der Waals surface area contributed by atoms with Gasteiger partial charge in [-0.2, -0.15) is 4.98 Å². The Morgan fingerprint density at radius 3 is 2.35 bits per heavy atom. The van der Waals surface area contributed by atoms with Gasteiger partial charge in [0.05, 0.1) is 11.1 Å². The zero-order valence-electron chi connectivity index (χ0n) is 15.3. The molecule has 1 N–H and O–H groups in total. The maximum atomic E-state index is 14.5. The van der Waals surface area contributed by atoms with E-state index in [1.165, 1.54) is 0 Å². The lowest BCUT2D eigenvalue weighted by atomic mass is 9.93. The van der Waals surface area contributed by atoms with Gasteiger partial charge in [0.25, 0.3) is 5.89 Å². The Kier molecular flexibility index (Phi) is 4.36. The van der Waals surface area contributed by atoms with E-state index in [4.69, 9.17) is 4.52 Å². The summed E-state index contributed by atoms with van der Waals surface area (Å²) in [7, 11) is 0. The molecule has 0 fully saturated rings. The fourth-order valence-electron chi connectivity index (χ4n) is 2.99. The summed E-state index contributed by atoms with van der Waals surface area (Å²) in [6.07, 6.45) is 0. The van der Waals surface area contributed by atoms with Crippen molar-refractivity contribution >= 4 is 5.97 Å². The molecule has 0 aliphatic carbocycles. The van der Waals surface area contributed by atoms with E-state index in [0.717, 1.165) is 11.1 Å². The van der Waals surface area contributed by atoms with Crippen molar-refractivity contribution in [2.24, 2.45) is 0 Å². The van der Waals surface area contributed by atoms with Crippen LogP contribution in [0.5, 0.6) is 0 Å². The summed E-state index contributed by atoms with van der Waals surface area (Å²) in [4.78, 5) is 15.9. The van der Waals surface area contributed by atoms with E-state index in [1.54, 1.807) is 32.9 Å². The van der Waals surface area contributed by atoms with E-state index in [0.29, 0.717) is 22.3 Å². The molecular weight excluding hydrogens is 335 g/mol. The lowest BCUT2D eigenvalue weighted by molar-refractivity contribution is 0.0695. The Hall–Kier alpha value is -3.02. The van der Waals surface area contributed by atoms with Gasteiger partial charge in [0.1, 0.15) is 5.82 Å². The van der Waals surface area contributed by atoms with Gasteiger partial charge in [-0.15, -0.1) is 0 Å². The van der Waals surface area contributed by atoms with Crippen LogP contribution in [0.4, 0.5) is 4.39 Å². The van der Waals surface area contributed by atoms with Gasteiger partial charge in [-0.25, -0.2) is 9.18 Å². The van der Waals surface area contributed by atoms with Gasteiger partial charge in [0.2, 0.25) is 5.82 Å². The molecule has 3 aromatic rings. The van der Waals surface area contributed by atoms with Gasteiger partial charge in [-0.05, 0) is 74.6 Å². The van der Waals surface area contributed by atoms with E-state index in [2.05, 4.69) is 10.1 Å². The predicted octanol–water partition coefficient (Wildman–Crippen LogP) is 4.78. The van der Waals surface area contributed by atoms with Gasteiger partial charge < -0.3 is 9.63 Å². The number of aryl methyl sites for hydroxylation is 2. The van der Waals surface area contributed by atoms with Crippen LogP contribution < -0.4 is 0 Å². The zero-order chi connectivity index (χ0) is 19.2. The number of carbonyl (C=O) groups is 1. The predicted molar refractivity (Wildman–Crippen MR) is 95.8 cm³/mol. The normalized spacial score (nSPS) is 11.0. The van der Waals surface area contributed by atoms with Crippen LogP contribution in [-0.4, -0.2) is 21.2 Å². The average Bonchev–Trinajstić information content (AvgIpc) is 3.05. The third-order valence-electron chi connectivity index (χ3n) is 4.87. The number of aromatic nitrogens is 2. The minimum Gasteiger partial charge on any atom is -0.478 e. The molecule has 2 aromatic carbocycles. The maximum Gasteiger partial charge on any atom is 0.336 e. The molecule has 5 nitrogen and oxygen atoms in total. The van der Waals surface area contributed by atoms with Crippen molar-refractivity contribution < 1.29 is 18.8 Å². The van der Waals surface area contributed by atoms with E-state index in [1.807, 2.05) is 19.9 Å². The highest BCUT2D eigenvalue weighted by molar-refractivity contribution is 5.93. The molecular formula is C20H19FN2O3. The lowest BCUT2D eigenvalue weighted by Crippen LogP contribution is -2.06. The molecule has 26 heavy (non-hydrogen) atoms. The minimum absolute atomic E-state index is 0.0649. The largest absolute Gasteiger partial charge is 0.478 e. The molecule has 1 aromatic heterocycles. The summed E-state index contributed by atoms with van der Waals surface area (Å²) in [5, 5.41) is 13.4. The number of benzene rings is 2. The standard InChI is InChI=1S/C20H19FN2O3/c1-9-6-7-14(17(21)12(9)4)19-22-18(23-26-19)15-8-10(2)11(3)16(13(15)5)20(24)25/h6-8H,1-5H3,(H,24,25). The number of carboxylic acid groups (broad SMARTS) is 1. The summed E-state index contributed by atoms with van der Waals surface area (Å²) in [6.45, 7) is 8.82. The lowest BCUT2D eigenvalue weighted by Gasteiger charge is -2.12. The van der Waals surface area contributed by atoms with Crippen molar-refractivity contribution in [2.75, 3.05) is 0 Å². The number of hydrogen-bond donors (Lipinski definition) is 1. The molecule has 0 saturated carbocycles. The summed E-state index contributed by atoms with van der Waals surface area (Å²) < 4.78 is 19.8. The van der Waals surface area contributed by atoms with Gasteiger partial charge in [-0.3, -0.25) is 0 Å². The summed E-state index contributed by atoms with van der Waals surface area (Å²) >= 11 is 0. The van der Waals surface area contributed by atoms with Crippen molar-refractivity contribution in [2.45, 2.75) is 34.6 Å². The summed E-state index contributed by atoms with van der Waals surface area (Å²) in [5.41, 5.74) is 4.43. The molecule has 3 rings (SSSR count). The molecule has 0 spiro atoms. The fourth-order valence-corrected chi connectivity index (χ4v) is 2.99. The first-order chi connectivity index (χ1) is 12.2. The molecule has 0 atom stereocenters. The van der Waals surface area contributed by atoms with Crippen molar-refractivity contribution in [3.8, 4) is 22.8 Å². The Morgan fingerprint density at radius 1 is 1.00 bits per heavy atom. The first kappa shape index (κ1) is 17.8. The molecule has 0 aliphatic rings. The second kappa shape index (κ2) is 6.37. The number of nitrogens with zero attached hydrogens (tertiary/aromatic N) is 2. The van der Waals surface area contributed by atoms with Gasteiger partial charge >= 0.3 is 5.97 Å². The molecule has 134 valence electrons. The highest BCUT2D eigenvalue weighted by Crippen LogP contribution is 2.31. The maximum absolute atomic E-state index is 14.5. The van der Waals surface area contributed by atoms with Crippen molar-refractivity contribution in [1.82, 2.24) is 10.1 Å². The van der Waals surface area contributed by atoms with Gasteiger partial charge in [0.15, 0.2) is 0 Å². The molecule has 0 radical (unpaired) electrons. The van der Waals surface area contributed by atoms with Crippen LogP contribution in [0.1, 0.15) is 38.2 Å². The first-order valence-corrected chi connectivity index (χ1v) is 8.16. The van der Waals surface area contributed by atoms with E-state index < -0.39 is 11.8 Å². The van der Waals surface area contributed by atoms with Crippen molar-refractivity contribution in [3.05, 3.63) is 57.4 Å². The van der Waals surface area contributed by atoms with E-state index in [9.17, 15) is 14.3 Å². The first-order valence-electron chi connectivity index (χ1n) is 8.16. The van der Waals surface area contributed by atoms with Crippen LogP contribution in [0.15, 0.2) is 22.7 Å². The minimum atomic E-state index is -1.01. The number of carboxylic acids is 1. The topological polar surface area (TPSA) is 76.2 Å². The molecule has 1 heterocycles. The molecule has 0 saturated heterocycles. The highest BCUT2D eigenvalue weighted by atomic mass is 19.1. The highest BCUT2D eigenvalue weighted by Gasteiger charge is 2.21. The molecule has 0 aliphatic heterocycles. The molecule has 0 amide bonds. The zero-order valence-corrected chi connectivity index (χ0v) is 15.3. The second-order valence-electron chi connectivity index (χ2n) is 6.46. The second-order valence-corrected chi connectivity index (χ2v) is 6.46. The Labute approximate surface area is 150 Å². The van der Waals surface area contributed by atoms with Crippen LogP contribution in [0.2, 0.25) is 0 Å². The number of rotatable bonds is 3. The monoisotopic (exact) mass is 354 g/mol. The van der Waals surface area contributed by atoms with Crippen LogP contribution in [0.25, 0.3) is 22.8 Å². The van der Waals surface area contributed by atoms with E-state index >= 15 is 0 Å². The molecule has 6 heteroatoms. The SMILES string of the molecule is Cc1ccc(-c2nc(-c3cc(C)c(C)c(C(=O)O)c3C)no2)c(F)c1C. The molecule has 0 unspecified atom stereocenters. The van der Waals surface area contributed by atoms with Crippen LogP contribution >= 0.6 is 0 Å². The molecule has 0 bridgehead atoms. The summed E-state index contributed by atoms with van der Waals surface area (Å²) in [5.74, 6) is -1.10. The van der Waals surface area contributed by atoms with Crippen LogP contribution in [0.3, 0.4) is 0 Å². The van der Waals surface area contributed by atoms with Crippen molar-refractivity contribution in [3.63, 3.8) is 0 Å². The smallest absolute Gasteiger partial charge is 0.336 e. The average molecular weight is 354 g/mol. The number of aromatic carboxylic acids is 1. The Bertz CT molecular complexity index is 1040. The van der Waals surface area contributed by atoms with Gasteiger partial charge in [-0.1, -0.05) is 11.2 Å². The van der Waals surface area contributed by atoms with E-state index in [-0.39, 0.29) is 22.8 Å². The van der Waals surface area contributed by atoms with Crippen LogP contribution in [0, 0.1) is 40.4 Å². The number of halogens is 1. The van der Waals surface area contributed by atoms with Gasteiger partial charge in [0, 0.05) is 5.56 Å². The Morgan fingerprint density at radius 2 is 1.69 bits per heavy atom. The Balaban J connectivity index is 2.15. The van der Waals surface area contributed by atoms with Crippen LogP contribution in [-0.2, 0) is 0 Å². The summed E-state index contributed by atoms with van der Waals surface area (Å²) in [6, 6.07) is 5.22. The third kappa shape index (κ3) is 2.77.